The third-order valence-electron chi connectivity index (χ3n) is 3.23. The Morgan fingerprint density at radius 2 is 1.82 bits per heavy atom. The predicted molar refractivity (Wildman–Crippen MR) is 99.7 cm³/mol. The van der Waals surface area contributed by atoms with E-state index in [0.29, 0.717) is 5.06 Å². The Morgan fingerprint density at radius 1 is 1.21 bits per heavy atom. The fraction of sp³-hybridized carbons (Fsp3) is 0.357. The van der Waals surface area contributed by atoms with Gasteiger partial charge in [-0.25, -0.2) is 4.79 Å². The minimum atomic E-state index is -2.38. The van der Waals surface area contributed by atoms with Crippen LogP contribution in [0.1, 0.15) is 0 Å². The maximum atomic E-state index is 12.1. The van der Waals surface area contributed by atoms with Crippen LogP contribution in [-0.2, 0) is 9.63 Å². The summed E-state index contributed by atoms with van der Waals surface area (Å²) in [6, 6.07) is 3.86. The molecule has 0 radical (unpaired) electrons. The standard InChI is InChI=1S/C14H19Cl2N5O7/c15-5-1-2-7(6(16)3-5)21(14(19)20-13(17)18)28-12(27)11(26)10(25)9(24)8(23)4-22/h1-3,8-11,22-26H,4H2,(H5,17,18,19,20). The number of benzene rings is 1. The van der Waals surface area contributed by atoms with Gasteiger partial charge in [-0.1, -0.05) is 23.2 Å². The summed E-state index contributed by atoms with van der Waals surface area (Å²) in [6.07, 6.45) is -8.51. The van der Waals surface area contributed by atoms with Gasteiger partial charge in [0, 0.05) is 5.02 Å². The molecule has 0 heterocycles. The normalized spacial score (nSPS) is 15.1. The van der Waals surface area contributed by atoms with Gasteiger partial charge in [-0.05, 0) is 18.2 Å². The van der Waals surface area contributed by atoms with E-state index in [-0.39, 0.29) is 15.7 Å². The molecule has 28 heavy (non-hydrogen) atoms. The number of carbonyl (C=O) groups excluding carboxylic acids is 1. The zero-order chi connectivity index (χ0) is 21.6. The first-order valence-corrected chi connectivity index (χ1v) is 8.23. The molecule has 0 spiro atoms. The average molecular weight is 440 g/mol. The lowest BCUT2D eigenvalue weighted by molar-refractivity contribution is -0.170. The highest BCUT2D eigenvalue weighted by atomic mass is 35.5. The van der Waals surface area contributed by atoms with Crippen LogP contribution in [0.3, 0.4) is 0 Å². The number of rotatable bonds is 6. The van der Waals surface area contributed by atoms with Crippen molar-refractivity contribution in [2.45, 2.75) is 24.4 Å². The molecule has 1 aromatic rings. The number of aliphatic imine (C=N–C) groups is 1. The van der Waals surface area contributed by atoms with E-state index >= 15 is 0 Å². The molecule has 14 heteroatoms. The van der Waals surface area contributed by atoms with Gasteiger partial charge in [0.15, 0.2) is 12.1 Å². The van der Waals surface area contributed by atoms with Crippen molar-refractivity contribution in [3.05, 3.63) is 28.2 Å². The fourth-order valence-corrected chi connectivity index (χ4v) is 2.31. The molecule has 4 unspecified atom stereocenters. The van der Waals surface area contributed by atoms with Crippen molar-refractivity contribution >= 4 is 46.8 Å². The fourth-order valence-electron chi connectivity index (χ4n) is 1.83. The largest absolute Gasteiger partial charge is 0.394 e. The van der Waals surface area contributed by atoms with Gasteiger partial charge >= 0.3 is 5.97 Å². The molecule has 0 aliphatic carbocycles. The van der Waals surface area contributed by atoms with Gasteiger partial charge in [0.05, 0.1) is 11.6 Å². The van der Waals surface area contributed by atoms with Crippen LogP contribution in [-0.4, -0.2) is 74.4 Å². The number of anilines is 1. The van der Waals surface area contributed by atoms with Crippen molar-refractivity contribution in [1.82, 2.24) is 0 Å². The van der Waals surface area contributed by atoms with Crippen LogP contribution in [0, 0.1) is 5.41 Å². The van der Waals surface area contributed by atoms with Gasteiger partial charge in [-0.3, -0.25) is 5.41 Å². The lowest BCUT2D eigenvalue weighted by atomic mass is 10.0. The molecule has 0 aromatic heterocycles. The molecule has 0 aliphatic heterocycles. The molecule has 0 bridgehead atoms. The lowest BCUT2D eigenvalue weighted by Crippen LogP contribution is -2.50. The zero-order valence-corrected chi connectivity index (χ0v) is 15.6. The Kier molecular flexibility index (Phi) is 8.84. The molecule has 12 nitrogen and oxygen atoms in total. The molecule has 0 aliphatic rings. The van der Waals surface area contributed by atoms with E-state index in [1.54, 1.807) is 0 Å². The van der Waals surface area contributed by atoms with E-state index in [1.165, 1.54) is 18.2 Å². The molecule has 0 saturated heterocycles. The van der Waals surface area contributed by atoms with Crippen LogP contribution in [0.25, 0.3) is 0 Å². The Bertz CT molecular complexity index is 747. The van der Waals surface area contributed by atoms with Crippen molar-refractivity contribution in [1.29, 1.82) is 5.41 Å². The number of hydrogen-bond acceptors (Lipinski definition) is 8. The van der Waals surface area contributed by atoms with Crippen molar-refractivity contribution < 1.29 is 35.2 Å². The Labute approximate surface area is 168 Å². The molecular weight excluding hydrogens is 421 g/mol. The van der Waals surface area contributed by atoms with Gasteiger partial charge in [0.1, 0.15) is 24.0 Å². The lowest BCUT2D eigenvalue weighted by Gasteiger charge is -2.27. The van der Waals surface area contributed by atoms with Crippen molar-refractivity contribution in [2.75, 3.05) is 11.7 Å². The number of nitrogens with one attached hydrogen (secondary N) is 1. The molecule has 0 fully saturated rings. The van der Waals surface area contributed by atoms with Crippen LogP contribution in [0.2, 0.25) is 10.0 Å². The molecule has 4 atom stereocenters. The van der Waals surface area contributed by atoms with Gasteiger partial charge in [0.2, 0.25) is 0 Å². The second-order valence-electron chi connectivity index (χ2n) is 5.34. The summed E-state index contributed by atoms with van der Waals surface area (Å²) in [6.45, 7) is -0.943. The highest BCUT2D eigenvalue weighted by molar-refractivity contribution is 6.36. The summed E-state index contributed by atoms with van der Waals surface area (Å²) in [4.78, 5) is 20.4. The smallest absolute Gasteiger partial charge is 0.364 e. The predicted octanol–water partition coefficient (Wildman–Crippen LogP) is -2.10. The summed E-state index contributed by atoms with van der Waals surface area (Å²) < 4.78 is 0. The first-order chi connectivity index (χ1) is 13.0. The number of aliphatic hydroxyl groups is 5. The molecule has 10 N–H and O–H groups in total. The van der Waals surface area contributed by atoms with E-state index in [4.69, 9.17) is 50.0 Å². The van der Waals surface area contributed by atoms with Crippen LogP contribution in [0.15, 0.2) is 23.2 Å². The van der Waals surface area contributed by atoms with Crippen LogP contribution >= 0.6 is 23.2 Å². The van der Waals surface area contributed by atoms with E-state index < -0.39 is 48.9 Å². The van der Waals surface area contributed by atoms with E-state index in [2.05, 4.69) is 4.99 Å². The van der Waals surface area contributed by atoms with Crippen LogP contribution < -0.4 is 16.5 Å². The molecule has 1 rings (SSSR count). The number of nitrogens with two attached hydrogens (primary N) is 2. The number of nitrogens with zero attached hydrogens (tertiary/aromatic N) is 2. The highest BCUT2D eigenvalue weighted by Crippen LogP contribution is 2.29. The van der Waals surface area contributed by atoms with E-state index in [1.807, 2.05) is 0 Å². The number of hydrogen-bond donors (Lipinski definition) is 8. The quantitative estimate of drug-likeness (QED) is 0.137. The Hall–Kier alpha value is -2.19. The number of halogens is 2. The van der Waals surface area contributed by atoms with Crippen molar-refractivity contribution in [3.8, 4) is 0 Å². The minimum Gasteiger partial charge on any atom is -0.394 e. The maximum absolute atomic E-state index is 12.1. The average Bonchev–Trinajstić information content (AvgIpc) is 2.63. The highest BCUT2D eigenvalue weighted by Gasteiger charge is 2.37. The minimum absolute atomic E-state index is 0.0818. The topological polar surface area (TPSA) is 219 Å². The first kappa shape index (κ1) is 23.8. The van der Waals surface area contributed by atoms with Gasteiger partial charge in [-0.15, -0.1) is 5.06 Å². The third-order valence-corrected chi connectivity index (χ3v) is 3.77. The summed E-state index contributed by atoms with van der Waals surface area (Å²) >= 11 is 11.8. The van der Waals surface area contributed by atoms with Crippen molar-refractivity contribution in [2.24, 2.45) is 16.5 Å². The van der Waals surface area contributed by atoms with Gasteiger partial charge in [0.25, 0.3) is 5.96 Å². The van der Waals surface area contributed by atoms with Crippen LogP contribution in [0.5, 0.6) is 0 Å². The Balaban J connectivity index is 3.14. The second kappa shape index (κ2) is 10.4. The summed E-state index contributed by atoms with van der Waals surface area (Å²) in [7, 11) is 0. The molecular formula is C14H19Cl2N5O7. The number of guanidine groups is 2. The van der Waals surface area contributed by atoms with Gasteiger partial charge < -0.3 is 41.8 Å². The van der Waals surface area contributed by atoms with Crippen LogP contribution in [0.4, 0.5) is 5.69 Å². The number of aliphatic hydroxyl groups excluding tert-OH is 5. The summed E-state index contributed by atoms with van der Waals surface area (Å²) in [5, 5.41) is 55.7. The summed E-state index contributed by atoms with van der Waals surface area (Å²) in [5.41, 5.74) is 10.3. The maximum Gasteiger partial charge on any atom is 0.364 e. The third kappa shape index (κ3) is 6.17. The molecule has 156 valence electrons. The number of hydroxylamine groups is 1. The monoisotopic (exact) mass is 439 g/mol. The molecule has 0 amide bonds. The molecule has 1 aromatic carbocycles. The van der Waals surface area contributed by atoms with E-state index in [9.17, 15) is 25.2 Å². The second-order valence-corrected chi connectivity index (χ2v) is 6.18. The molecule has 0 saturated carbocycles. The van der Waals surface area contributed by atoms with Crippen molar-refractivity contribution in [3.63, 3.8) is 0 Å². The van der Waals surface area contributed by atoms with E-state index in [0.717, 1.165) is 0 Å². The van der Waals surface area contributed by atoms with Gasteiger partial charge in [-0.2, -0.15) is 4.99 Å². The summed E-state index contributed by atoms with van der Waals surface area (Å²) in [5.74, 6) is -2.94. The number of carbonyl (C=O) groups is 1. The Morgan fingerprint density at radius 3 is 2.32 bits per heavy atom. The SMILES string of the molecule is N=C(N=C(N)N)N(OC(=O)C(O)C(O)C(O)C(O)CO)c1ccc(Cl)cc1Cl. The first-order valence-electron chi connectivity index (χ1n) is 7.47. The zero-order valence-electron chi connectivity index (χ0n) is 14.1.